The van der Waals surface area contributed by atoms with Gasteiger partial charge in [0.1, 0.15) is 17.5 Å². The van der Waals surface area contributed by atoms with Gasteiger partial charge >= 0.3 is 0 Å². The third-order valence-electron chi connectivity index (χ3n) is 3.52. The molecule has 6 nitrogen and oxygen atoms in total. The largest absolute Gasteiger partial charge is 0.321 e. The maximum atomic E-state index is 12.5. The van der Waals surface area contributed by atoms with E-state index in [4.69, 9.17) is 0 Å². The number of anilines is 1. The summed E-state index contributed by atoms with van der Waals surface area (Å²) in [6, 6.07) is 7.75. The van der Waals surface area contributed by atoms with E-state index in [-0.39, 0.29) is 5.91 Å². The molecular weight excluding hydrogens is 322 g/mol. The van der Waals surface area contributed by atoms with Crippen molar-refractivity contribution in [2.75, 3.05) is 5.32 Å². The zero-order valence-corrected chi connectivity index (χ0v) is 14.5. The molecule has 0 saturated carbocycles. The fourth-order valence-electron chi connectivity index (χ4n) is 2.44. The molecule has 0 aliphatic carbocycles. The Labute approximate surface area is 144 Å². The van der Waals surface area contributed by atoms with Crippen molar-refractivity contribution in [3.63, 3.8) is 0 Å². The monoisotopic (exact) mass is 341 g/mol. The molecular formula is C17H19N5OS. The lowest BCUT2D eigenvalue weighted by Crippen LogP contribution is -2.12. The topological polar surface area (TPSA) is 72.7 Å². The Morgan fingerprint density at radius 2 is 2.08 bits per heavy atom. The highest BCUT2D eigenvalue weighted by atomic mass is 32.1. The molecule has 0 unspecified atom stereocenters. The number of carbonyl (C=O) groups excluding carboxylic acids is 1. The molecule has 24 heavy (non-hydrogen) atoms. The lowest BCUT2D eigenvalue weighted by atomic mass is 10.2. The summed E-state index contributed by atoms with van der Waals surface area (Å²) in [5, 5.41) is 7.96. The third kappa shape index (κ3) is 3.86. The fraction of sp³-hybridized carbons (Fsp3) is 0.294. The molecule has 3 aromatic rings. The molecule has 0 bridgehead atoms. The van der Waals surface area contributed by atoms with Crippen LogP contribution in [0.15, 0.2) is 36.9 Å². The van der Waals surface area contributed by atoms with Gasteiger partial charge in [-0.15, -0.1) is 11.3 Å². The van der Waals surface area contributed by atoms with Crippen LogP contribution in [0.2, 0.25) is 0 Å². The Morgan fingerprint density at radius 1 is 1.29 bits per heavy atom. The molecule has 2 heterocycles. The Morgan fingerprint density at radius 3 is 2.75 bits per heavy atom. The first-order valence-electron chi connectivity index (χ1n) is 7.84. The number of nitrogens with one attached hydrogen (secondary N) is 1. The molecule has 1 N–H and O–H groups in total. The Kier molecular flexibility index (Phi) is 5.00. The average Bonchev–Trinajstić information content (AvgIpc) is 3.19. The van der Waals surface area contributed by atoms with Crippen LogP contribution in [0.5, 0.6) is 0 Å². The molecule has 0 saturated heterocycles. The number of hydrogen-bond acceptors (Lipinski definition) is 5. The summed E-state index contributed by atoms with van der Waals surface area (Å²) in [7, 11) is 0. The summed E-state index contributed by atoms with van der Waals surface area (Å²) in [5.41, 5.74) is 2.76. The lowest BCUT2D eigenvalue weighted by molar-refractivity contribution is 0.102. The summed E-state index contributed by atoms with van der Waals surface area (Å²) >= 11 is 1.45. The van der Waals surface area contributed by atoms with Crippen molar-refractivity contribution in [1.82, 2.24) is 19.7 Å². The number of carbonyl (C=O) groups is 1. The zero-order valence-electron chi connectivity index (χ0n) is 13.7. The van der Waals surface area contributed by atoms with Crippen molar-refractivity contribution in [1.29, 1.82) is 0 Å². The number of aryl methyl sites for hydroxylation is 2. The summed E-state index contributed by atoms with van der Waals surface area (Å²) in [4.78, 5) is 21.6. The molecule has 1 aromatic carbocycles. The van der Waals surface area contributed by atoms with Crippen LogP contribution >= 0.6 is 11.3 Å². The second kappa shape index (κ2) is 7.35. The molecule has 0 spiro atoms. The van der Waals surface area contributed by atoms with Gasteiger partial charge in [0.05, 0.1) is 17.2 Å². The van der Waals surface area contributed by atoms with Crippen LogP contribution in [-0.4, -0.2) is 25.7 Å². The van der Waals surface area contributed by atoms with E-state index in [1.54, 1.807) is 11.0 Å². The molecule has 124 valence electrons. The van der Waals surface area contributed by atoms with Gasteiger partial charge in [-0.25, -0.2) is 14.6 Å². The molecule has 0 fully saturated rings. The van der Waals surface area contributed by atoms with Crippen LogP contribution in [0.4, 0.5) is 5.69 Å². The van der Waals surface area contributed by atoms with Gasteiger partial charge in [-0.1, -0.05) is 25.5 Å². The van der Waals surface area contributed by atoms with Crippen molar-refractivity contribution in [3.05, 3.63) is 58.1 Å². The van der Waals surface area contributed by atoms with E-state index >= 15 is 0 Å². The summed E-state index contributed by atoms with van der Waals surface area (Å²) < 4.78 is 1.75. The van der Waals surface area contributed by atoms with Gasteiger partial charge in [-0.2, -0.15) is 5.10 Å². The summed E-state index contributed by atoms with van der Waals surface area (Å²) in [5.74, 6) is -0.0897. The van der Waals surface area contributed by atoms with E-state index in [0.29, 0.717) is 11.4 Å². The second-order valence-corrected chi connectivity index (χ2v) is 6.71. The molecule has 2 aromatic heterocycles. The van der Waals surface area contributed by atoms with Crippen LogP contribution < -0.4 is 5.32 Å². The maximum absolute atomic E-state index is 12.5. The highest BCUT2D eigenvalue weighted by molar-refractivity contribution is 7.13. The smallest absolute Gasteiger partial charge is 0.267 e. The predicted molar refractivity (Wildman–Crippen MR) is 94.4 cm³/mol. The van der Waals surface area contributed by atoms with E-state index in [0.717, 1.165) is 34.8 Å². The minimum Gasteiger partial charge on any atom is -0.321 e. The van der Waals surface area contributed by atoms with Gasteiger partial charge in [0, 0.05) is 5.69 Å². The van der Waals surface area contributed by atoms with Gasteiger partial charge in [0.2, 0.25) is 0 Å². The highest BCUT2D eigenvalue weighted by Crippen LogP contribution is 2.21. The highest BCUT2D eigenvalue weighted by Gasteiger charge is 2.16. The molecule has 0 atom stereocenters. The normalized spacial score (nSPS) is 10.8. The second-order valence-electron chi connectivity index (χ2n) is 5.50. The molecule has 0 aliphatic rings. The first-order chi connectivity index (χ1) is 11.7. The van der Waals surface area contributed by atoms with E-state index in [2.05, 4.69) is 27.3 Å². The van der Waals surface area contributed by atoms with Crippen LogP contribution in [-0.2, 0) is 13.0 Å². The molecule has 7 heteroatoms. The number of benzene rings is 1. The van der Waals surface area contributed by atoms with Gasteiger partial charge < -0.3 is 5.32 Å². The van der Waals surface area contributed by atoms with Crippen molar-refractivity contribution in [2.24, 2.45) is 0 Å². The Hall–Kier alpha value is -2.54. The van der Waals surface area contributed by atoms with E-state index in [1.807, 2.05) is 31.2 Å². The first-order valence-corrected chi connectivity index (χ1v) is 8.66. The molecule has 0 aliphatic heterocycles. The maximum Gasteiger partial charge on any atom is 0.267 e. The van der Waals surface area contributed by atoms with E-state index in [1.165, 1.54) is 17.7 Å². The fourth-order valence-corrected chi connectivity index (χ4v) is 3.30. The lowest BCUT2D eigenvalue weighted by Gasteiger charge is -2.07. The van der Waals surface area contributed by atoms with Crippen molar-refractivity contribution < 1.29 is 4.79 Å². The van der Waals surface area contributed by atoms with Crippen LogP contribution in [0.25, 0.3) is 0 Å². The van der Waals surface area contributed by atoms with E-state index in [9.17, 15) is 4.79 Å². The van der Waals surface area contributed by atoms with Crippen LogP contribution in [0.3, 0.4) is 0 Å². The first kappa shape index (κ1) is 16.3. The molecule has 3 rings (SSSR count). The van der Waals surface area contributed by atoms with Gasteiger partial charge in [-0.3, -0.25) is 4.79 Å². The standard InChI is InChI=1S/C17H19N5OS/c1-3-4-15-16(24-12(2)20-15)17(23)21-14-7-5-13(6-8-14)9-22-11-18-10-19-22/h5-8,10-11H,3-4,9H2,1-2H3,(H,21,23). The van der Waals surface area contributed by atoms with Crippen molar-refractivity contribution >= 4 is 22.9 Å². The van der Waals surface area contributed by atoms with Gasteiger partial charge in [0.25, 0.3) is 5.91 Å². The number of nitrogens with zero attached hydrogens (tertiary/aromatic N) is 4. The summed E-state index contributed by atoms with van der Waals surface area (Å²) in [6.45, 7) is 4.67. The Bertz CT molecular complexity index is 808. The summed E-state index contributed by atoms with van der Waals surface area (Å²) in [6.07, 6.45) is 4.99. The number of hydrogen-bond donors (Lipinski definition) is 1. The molecule has 0 radical (unpaired) electrons. The minimum absolute atomic E-state index is 0.0897. The number of amides is 1. The van der Waals surface area contributed by atoms with Gasteiger partial charge in [0.15, 0.2) is 0 Å². The quantitative estimate of drug-likeness (QED) is 0.747. The number of aromatic nitrogens is 4. The van der Waals surface area contributed by atoms with Crippen LogP contribution in [0, 0.1) is 6.92 Å². The zero-order chi connectivity index (χ0) is 16.9. The van der Waals surface area contributed by atoms with Gasteiger partial charge in [-0.05, 0) is 31.0 Å². The van der Waals surface area contributed by atoms with Crippen molar-refractivity contribution in [2.45, 2.75) is 33.2 Å². The van der Waals surface area contributed by atoms with E-state index < -0.39 is 0 Å². The number of thiazole rings is 1. The predicted octanol–water partition coefficient (Wildman–Crippen LogP) is 3.30. The van der Waals surface area contributed by atoms with Crippen molar-refractivity contribution in [3.8, 4) is 0 Å². The third-order valence-corrected chi connectivity index (χ3v) is 4.53. The Balaban J connectivity index is 1.68. The average molecular weight is 341 g/mol. The number of rotatable bonds is 6. The molecule has 1 amide bonds. The van der Waals surface area contributed by atoms with Crippen LogP contribution in [0.1, 0.15) is 39.3 Å². The SMILES string of the molecule is CCCc1nc(C)sc1C(=O)Nc1ccc(Cn2cncn2)cc1. The minimum atomic E-state index is -0.0897.